The van der Waals surface area contributed by atoms with E-state index in [1.165, 1.54) is 11.3 Å². The second-order valence-corrected chi connectivity index (χ2v) is 3.85. The number of aromatic carboxylic acids is 1. The fourth-order valence-corrected chi connectivity index (χ4v) is 2.13. The van der Waals surface area contributed by atoms with Crippen LogP contribution in [0.4, 0.5) is 0 Å². The van der Waals surface area contributed by atoms with Crippen LogP contribution in [0.5, 0.6) is 0 Å². The zero-order valence-electron chi connectivity index (χ0n) is 6.75. The molecule has 0 aliphatic rings. The molecular weight excluding hydrogens is 176 g/mol. The summed E-state index contributed by atoms with van der Waals surface area (Å²) >= 11 is 1.34. The van der Waals surface area contributed by atoms with Crippen molar-refractivity contribution in [1.82, 2.24) is 0 Å². The maximum atomic E-state index is 10.7. The topological polar surface area (TPSA) is 54.4 Å². The van der Waals surface area contributed by atoms with Gasteiger partial charge in [-0.2, -0.15) is 0 Å². The third kappa shape index (κ3) is 1.25. The van der Waals surface area contributed by atoms with Gasteiger partial charge in [-0.1, -0.05) is 0 Å². The largest absolute Gasteiger partial charge is 0.478 e. The van der Waals surface area contributed by atoms with Gasteiger partial charge in [-0.05, 0) is 13.8 Å². The summed E-state index contributed by atoms with van der Waals surface area (Å²) in [6.45, 7) is 3.45. The molecule has 0 spiro atoms. The zero-order chi connectivity index (χ0) is 9.30. The molecule has 1 heterocycles. The number of carbonyl (C=O) groups excluding carboxylic acids is 1. The van der Waals surface area contributed by atoms with E-state index in [1.54, 1.807) is 13.8 Å². The SMILES string of the molecule is Cc1sc(C)c(C(=O)O)c1C=O. The van der Waals surface area contributed by atoms with E-state index in [0.717, 1.165) is 4.88 Å². The van der Waals surface area contributed by atoms with Gasteiger partial charge in [-0.3, -0.25) is 4.79 Å². The van der Waals surface area contributed by atoms with E-state index in [-0.39, 0.29) is 5.56 Å². The normalized spacial score (nSPS) is 9.83. The first-order chi connectivity index (χ1) is 5.57. The van der Waals surface area contributed by atoms with Crippen molar-refractivity contribution in [3.8, 4) is 0 Å². The van der Waals surface area contributed by atoms with Crippen LogP contribution in [0.2, 0.25) is 0 Å². The maximum absolute atomic E-state index is 10.7. The highest BCUT2D eigenvalue weighted by atomic mass is 32.1. The van der Waals surface area contributed by atoms with Crippen LogP contribution in [-0.2, 0) is 0 Å². The quantitative estimate of drug-likeness (QED) is 0.714. The van der Waals surface area contributed by atoms with Crippen LogP contribution in [0.15, 0.2) is 0 Å². The summed E-state index contributed by atoms with van der Waals surface area (Å²) in [7, 11) is 0. The Hall–Kier alpha value is -1.16. The highest BCUT2D eigenvalue weighted by molar-refractivity contribution is 7.12. The van der Waals surface area contributed by atoms with Crippen molar-refractivity contribution in [3.05, 3.63) is 20.9 Å². The molecule has 0 atom stereocenters. The smallest absolute Gasteiger partial charge is 0.337 e. The van der Waals surface area contributed by atoms with Gasteiger partial charge in [-0.25, -0.2) is 4.79 Å². The van der Waals surface area contributed by atoms with E-state index >= 15 is 0 Å². The molecule has 12 heavy (non-hydrogen) atoms. The predicted molar refractivity (Wildman–Crippen MR) is 46.1 cm³/mol. The molecule has 0 aromatic carbocycles. The van der Waals surface area contributed by atoms with Crippen LogP contribution >= 0.6 is 11.3 Å². The summed E-state index contributed by atoms with van der Waals surface area (Å²) < 4.78 is 0. The molecule has 0 saturated carbocycles. The molecule has 0 radical (unpaired) electrons. The van der Waals surface area contributed by atoms with Gasteiger partial charge in [-0.15, -0.1) is 11.3 Å². The summed E-state index contributed by atoms with van der Waals surface area (Å²) in [6, 6.07) is 0. The first kappa shape index (κ1) is 8.93. The van der Waals surface area contributed by atoms with Gasteiger partial charge in [0.05, 0.1) is 5.56 Å². The molecule has 0 aliphatic carbocycles. The number of rotatable bonds is 2. The van der Waals surface area contributed by atoms with Gasteiger partial charge >= 0.3 is 5.97 Å². The number of hydrogen-bond donors (Lipinski definition) is 1. The van der Waals surface area contributed by atoms with E-state index in [1.807, 2.05) is 0 Å². The molecule has 1 aromatic heterocycles. The Kier molecular flexibility index (Phi) is 2.28. The summed E-state index contributed by atoms with van der Waals surface area (Å²) in [5.74, 6) is -1.03. The number of aryl methyl sites for hydroxylation is 2. The minimum Gasteiger partial charge on any atom is -0.478 e. The van der Waals surface area contributed by atoms with Gasteiger partial charge < -0.3 is 5.11 Å². The fourth-order valence-electron chi connectivity index (χ4n) is 1.11. The van der Waals surface area contributed by atoms with E-state index in [9.17, 15) is 9.59 Å². The Morgan fingerprint density at radius 2 is 2.00 bits per heavy atom. The lowest BCUT2D eigenvalue weighted by atomic mass is 10.1. The van der Waals surface area contributed by atoms with Crippen LogP contribution in [0.3, 0.4) is 0 Å². The lowest BCUT2D eigenvalue weighted by molar-refractivity contribution is 0.0694. The second kappa shape index (κ2) is 3.06. The van der Waals surface area contributed by atoms with E-state index in [0.29, 0.717) is 16.7 Å². The van der Waals surface area contributed by atoms with Crippen molar-refractivity contribution in [2.45, 2.75) is 13.8 Å². The lowest BCUT2D eigenvalue weighted by Crippen LogP contribution is -2.00. The van der Waals surface area contributed by atoms with E-state index < -0.39 is 5.97 Å². The lowest BCUT2D eigenvalue weighted by Gasteiger charge is -1.92. The van der Waals surface area contributed by atoms with Crippen molar-refractivity contribution < 1.29 is 14.7 Å². The fraction of sp³-hybridized carbons (Fsp3) is 0.250. The van der Waals surface area contributed by atoms with E-state index in [2.05, 4.69) is 0 Å². The van der Waals surface area contributed by atoms with Crippen molar-refractivity contribution in [2.24, 2.45) is 0 Å². The van der Waals surface area contributed by atoms with Crippen molar-refractivity contribution in [2.75, 3.05) is 0 Å². The number of carboxylic acid groups (broad SMARTS) is 1. The first-order valence-corrected chi connectivity index (χ1v) is 4.18. The molecule has 0 bridgehead atoms. The predicted octanol–water partition coefficient (Wildman–Crippen LogP) is 1.88. The second-order valence-electron chi connectivity index (χ2n) is 2.43. The molecule has 0 amide bonds. The summed E-state index contributed by atoms with van der Waals surface area (Å²) in [5.41, 5.74) is 0.456. The Morgan fingerprint density at radius 3 is 2.33 bits per heavy atom. The molecule has 64 valence electrons. The molecule has 0 unspecified atom stereocenters. The minimum absolute atomic E-state index is 0.146. The molecule has 0 fully saturated rings. The van der Waals surface area contributed by atoms with Crippen LogP contribution < -0.4 is 0 Å². The van der Waals surface area contributed by atoms with Gasteiger partial charge in [0.25, 0.3) is 0 Å². The Bertz CT molecular complexity index is 338. The third-order valence-corrected chi connectivity index (χ3v) is 2.68. The zero-order valence-corrected chi connectivity index (χ0v) is 7.57. The number of carbonyl (C=O) groups is 2. The van der Waals surface area contributed by atoms with Crippen LogP contribution in [0.1, 0.15) is 30.5 Å². The molecule has 1 N–H and O–H groups in total. The molecule has 0 saturated heterocycles. The standard InChI is InChI=1S/C8H8O3S/c1-4-6(3-9)7(8(10)11)5(2)12-4/h3H,1-2H3,(H,10,11). The summed E-state index contributed by atoms with van der Waals surface area (Å²) in [6.07, 6.45) is 0.599. The highest BCUT2D eigenvalue weighted by Crippen LogP contribution is 2.25. The van der Waals surface area contributed by atoms with Crippen LogP contribution in [0, 0.1) is 13.8 Å². The number of aldehydes is 1. The number of hydrogen-bond acceptors (Lipinski definition) is 3. The average Bonchev–Trinajstić information content (AvgIpc) is 2.24. The monoisotopic (exact) mass is 184 g/mol. The van der Waals surface area contributed by atoms with E-state index in [4.69, 9.17) is 5.11 Å². The summed E-state index contributed by atoms with van der Waals surface area (Å²) in [4.78, 5) is 22.6. The Labute approximate surface area is 73.6 Å². The van der Waals surface area contributed by atoms with Crippen molar-refractivity contribution in [1.29, 1.82) is 0 Å². The first-order valence-electron chi connectivity index (χ1n) is 3.36. The minimum atomic E-state index is -1.03. The molecule has 4 heteroatoms. The van der Waals surface area contributed by atoms with Gasteiger partial charge in [0.2, 0.25) is 0 Å². The third-order valence-electron chi connectivity index (χ3n) is 1.64. The van der Waals surface area contributed by atoms with Crippen LogP contribution in [0.25, 0.3) is 0 Å². The number of thiophene rings is 1. The van der Waals surface area contributed by atoms with Gasteiger partial charge in [0.15, 0.2) is 6.29 Å². The van der Waals surface area contributed by atoms with Gasteiger partial charge in [0, 0.05) is 15.3 Å². The average molecular weight is 184 g/mol. The molecule has 3 nitrogen and oxygen atoms in total. The maximum Gasteiger partial charge on any atom is 0.337 e. The van der Waals surface area contributed by atoms with Gasteiger partial charge in [0.1, 0.15) is 0 Å². The molecule has 1 aromatic rings. The molecular formula is C8H8O3S. The molecule has 1 rings (SSSR count). The van der Waals surface area contributed by atoms with Crippen molar-refractivity contribution >= 4 is 23.6 Å². The Morgan fingerprint density at radius 1 is 1.42 bits per heavy atom. The van der Waals surface area contributed by atoms with Crippen LogP contribution in [-0.4, -0.2) is 17.4 Å². The highest BCUT2D eigenvalue weighted by Gasteiger charge is 2.17. The molecule has 0 aliphatic heterocycles. The Balaban J connectivity index is 3.42. The summed E-state index contributed by atoms with van der Waals surface area (Å²) in [5, 5.41) is 8.74. The van der Waals surface area contributed by atoms with Crippen molar-refractivity contribution in [3.63, 3.8) is 0 Å². The number of carboxylic acids is 1.